The van der Waals surface area contributed by atoms with Gasteiger partial charge in [-0.05, 0) is 19.3 Å². The Hall–Kier alpha value is -0.190. The Morgan fingerprint density at radius 1 is 1.50 bits per heavy atom. The summed E-state index contributed by atoms with van der Waals surface area (Å²) in [6.45, 7) is 0.862. The Balaban J connectivity index is 1.94. The molecule has 1 fully saturated rings. The van der Waals surface area contributed by atoms with Gasteiger partial charge in [0.2, 0.25) is 0 Å². The fourth-order valence-corrected chi connectivity index (χ4v) is 2.59. The summed E-state index contributed by atoms with van der Waals surface area (Å²) in [5.74, 6) is 0.689. The zero-order chi connectivity index (χ0) is 9.80. The lowest BCUT2D eigenvalue weighted by Crippen LogP contribution is -1.93. The molecule has 14 heavy (non-hydrogen) atoms. The van der Waals surface area contributed by atoms with Crippen LogP contribution in [0.1, 0.15) is 35.4 Å². The molecule has 0 aliphatic carbocycles. The van der Waals surface area contributed by atoms with Gasteiger partial charge in [-0.3, -0.25) is 0 Å². The number of hydrogen-bond acceptors (Lipinski definition) is 4. The summed E-state index contributed by atoms with van der Waals surface area (Å²) in [4.78, 5) is 0. The van der Waals surface area contributed by atoms with E-state index < -0.39 is 0 Å². The molecular weight excluding hydrogens is 220 g/mol. The highest BCUT2D eigenvalue weighted by atomic mass is 35.5. The highest BCUT2D eigenvalue weighted by Gasteiger charge is 2.21. The average Bonchev–Trinajstić information content (AvgIpc) is 2.85. The fraction of sp³-hybridized carbons (Fsp3) is 0.778. The van der Waals surface area contributed by atoms with Crippen LogP contribution in [0.25, 0.3) is 0 Å². The Labute approximate surface area is 92.4 Å². The van der Waals surface area contributed by atoms with Gasteiger partial charge >= 0.3 is 0 Å². The number of hydrogen-bond donors (Lipinski definition) is 0. The molecule has 1 unspecified atom stereocenters. The first kappa shape index (κ1) is 10.3. The normalized spacial score (nSPS) is 21.6. The molecule has 3 nitrogen and oxygen atoms in total. The summed E-state index contributed by atoms with van der Waals surface area (Å²) in [5, 5.41) is 10.4. The first-order valence-electron chi connectivity index (χ1n) is 4.90. The summed E-state index contributed by atoms with van der Waals surface area (Å²) >= 11 is 7.28. The summed E-state index contributed by atoms with van der Waals surface area (Å²) in [6, 6.07) is 0. The van der Waals surface area contributed by atoms with Crippen molar-refractivity contribution >= 4 is 22.9 Å². The Morgan fingerprint density at radius 2 is 2.43 bits per heavy atom. The molecule has 2 rings (SSSR count). The minimum atomic E-state index is 0.206. The molecule has 1 saturated heterocycles. The number of aromatic nitrogens is 2. The molecule has 78 valence electrons. The maximum atomic E-state index is 5.62. The maximum absolute atomic E-state index is 5.62. The number of aryl methyl sites for hydroxylation is 1. The molecule has 0 N–H and O–H groups in total. The van der Waals surface area contributed by atoms with Gasteiger partial charge in [0, 0.05) is 18.9 Å². The molecule has 2 heterocycles. The van der Waals surface area contributed by atoms with Crippen molar-refractivity contribution in [3.63, 3.8) is 0 Å². The van der Waals surface area contributed by atoms with Gasteiger partial charge in [-0.1, -0.05) is 11.3 Å². The number of rotatable bonds is 4. The summed E-state index contributed by atoms with van der Waals surface area (Å²) in [6.07, 6.45) is 4.35. The molecule has 0 bridgehead atoms. The lowest BCUT2D eigenvalue weighted by molar-refractivity contribution is 0.111. The van der Waals surface area contributed by atoms with E-state index in [0.717, 1.165) is 42.3 Å². The van der Waals surface area contributed by atoms with Crippen molar-refractivity contribution in [2.45, 2.75) is 31.8 Å². The zero-order valence-corrected chi connectivity index (χ0v) is 9.48. The Kier molecular flexibility index (Phi) is 3.73. The molecule has 0 saturated carbocycles. The standard InChI is InChI=1S/C9H13ClN2OS/c10-5-1-4-8-11-12-9(14-8)7-3-2-6-13-7/h7H,1-6H2. The summed E-state index contributed by atoms with van der Waals surface area (Å²) in [5.41, 5.74) is 0. The van der Waals surface area contributed by atoms with Gasteiger partial charge in [-0.2, -0.15) is 0 Å². The molecule has 1 aromatic heterocycles. The molecular formula is C9H13ClN2OS. The van der Waals surface area contributed by atoms with Crippen LogP contribution in [0.4, 0.5) is 0 Å². The quantitative estimate of drug-likeness (QED) is 0.749. The van der Waals surface area contributed by atoms with Crippen LogP contribution in [0.15, 0.2) is 0 Å². The second-order valence-electron chi connectivity index (χ2n) is 3.33. The van der Waals surface area contributed by atoms with E-state index in [0.29, 0.717) is 5.88 Å². The average molecular weight is 233 g/mol. The second kappa shape index (κ2) is 5.05. The van der Waals surface area contributed by atoms with Crippen LogP contribution < -0.4 is 0 Å². The van der Waals surface area contributed by atoms with Crippen LogP contribution in [0, 0.1) is 0 Å². The molecule has 1 aliphatic rings. The van der Waals surface area contributed by atoms with Crippen molar-refractivity contribution in [2.24, 2.45) is 0 Å². The minimum Gasteiger partial charge on any atom is -0.371 e. The molecule has 5 heteroatoms. The van der Waals surface area contributed by atoms with Crippen molar-refractivity contribution in [3.05, 3.63) is 10.0 Å². The molecule has 1 aromatic rings. The van der Waals surface area contributed by atoms with E-state index in [2.05, 4.69) is 10.2 Å². The van der Waals surface area contributed by atoms with Gasteiger partial charge in [0.25, 0.3) is 0 Å². The number of halogens is 1. The van der Waals surface area contributed by atoms with Gasteiger partial charge in [0.1, 0.15) is 16.1 Å². The summed E-state index contributed by atoms with van der Waals surface area (Å²) in [7, 11) is 0. The van der Waals surface area contributed by atoms with Crippen LogP contribution in [0.2, 0.25) is 0 Å². The molecule has 0 aromatic carbocycles. The lowest BCUT2D eigenvalue weighted by atomic mass is 10.2. The van der Waals surface area contributed by atoms with E-state index in [1.807, 2.05) is 0 Å². The van der Waals surface area contributed by atoms with E-state index in [4.69, 9.17) is 16.3 Å². The van der Waals surface area contributed by atoms with E-state index in [1.165, 1.54) is 0 Å². The van der Waals surface area contributed by atoms with E-state index in [-0.39, 0.29) is 6.10 Å². The molecule has 0 amide bonds. The summed E-state index contributed by atoms with van der Waals surface area (Å²) < 4.78 is 5.54. The van der Waals surface area contributed by atoms with Crippen molar-refractivity contribution in [3.8, 4) is 0 Å². The fourth-order valence-electron chi connectivity index (χ4n) is 1.49. The molecule has 0 radical (unpaired) electrons. The van der Waals surface area contributed by atoms with Crippen LogP contribution in [0.3, 0.4) is 0 Å². The Morgan fingerprint density at radius 3 is 3.14 bits per heavy atom. The highest BCUT2D eigenvalue weighted by molar-refractivity contribution is 7.11. The topological polar surface area (TPSA) is 35.0 Å². The maximum Gasteiger partial charge on any atom is 0.146 e. The van der Waals surface area contributed by atoms with Crippen LogP contribution >= 0.6 is 22.9 Å². The van der Waals surface area contributed by atoms with Gasteiger partial charge in [-0.25, -0.2) is 0 Å². The Bertz CT molecular complexity index is 286. The number of alkyl halides is 1. The minimum absolute atomic E-state index is 0.206. The van der Waals surface area contributed by atoms with Gasteiger partial charge in [-0.15, -0.1) is 21.8 Å². The first-order chi connectivity index (χ1) is 6.90. The van der Waals surface area contributed by atoms with Crippen molar-refractivity contribution < 1.29 is 4.74 Å². The van der Waals surface area contributed by atoms with E-state index in [9.17, 15) is 0 Å². The molecule has 0 spiro atoms. The highest BCUT2D eigenvalue weighted by Crippen LogP contribution is 2.30. The SMILES string of the molecule is ClCCCc1nnc(C2CCCO2)s1. The third-order valence-corrected chi connectivity index (χ3v) is 3.55. The van der Waals surface area contributed by atoms with Crippen LogP contribution in [0.5, 0.6) is 0 Å². The first-order valence-corrected chi connectivity index (χ1v) is 6.25. The predicted octanol–water partition coefficient (Wildman–Crippen LogP) is 2.56. The lowest BCUT2D eigenvalue weighted by Gasteiger charge is -2.01. The monoisotopic (exact) mass is 232 g/mol. The third-order valence-electron chi connectivity index (χ3n) is 2.21. The van der Waals surface area contributed by atoms with Gasteiger partial charge < -0.3 is 4.74 Å². The molecule has 1 aliphatic heterocycles. The van der Waals surface area contributed by atoms with E-state index >= 15 is 0 Å². The predicted molar refractivity (Wildman–Crippen MR) is 56.9 cm³/mol. The van der Waals surface area contributed by atoms with Gasteiger partial charge in [0.15, 0.2) is 0 Å². The van der Waals surface area contributed by atoms with Crippen LogP contribution in [-0.2, 0) is 11.2 Å². The number of ether oxygens (including phenoxy) is 1. The van der Waals surface area contributed by atoms with Crippen molar-refractivity contribution in [1.82, 2.24) is 10.2 Å². The van der Waals surface area contributed by atoms with E-state index in [1.54, 1.807) is 11.3 Å². The van der Waals surface area contributed by atoms with Gasteiger partial charge in [0.05, 0.1) is 0 Å². The largest absolute Gasteiger partial charge is 0.371 e. The number of nitrogens with zero attached hydrogens (tertiary/aromatic N) is 2. The van der Waals surface area contributed by atoms with Crippen LogP contribution in [-0.4, -0.2) is 22.7 Å². The second-order valence-corrected chi connectivity index (χ2v) is 4.80. The zero-order valence-electron chi connectivity index (χ0n) is 7.91. The molecule has 1 atom stereocenters. The smallest absolute Gasteiger partial charge is 0.146 e. The van der Waals surface area contributed by atoms with Crippen molar-refractivity contribution in [1.29, 1.82) is 0 Å². The third kappa shape index (κ3) is 2.43. The van der Waals surface area contributed by atoms with Crippen molar-refractivity contribution in [2.75, 3.05) is 12.5 Å².